The van der Waals surface area contributed by atoms with Crippen molar-refractivity contribution in [3.8, 4) is 0 Å². The van der Waals surface area contributed by atoms with E-state index in [-0.39, 0.29) is 11.8 Å². The monoisotopic (exact) mass is 236 g/mol. The molecular weight excluding hydrogens is 216 g/mol. The van der Waals surface area contributed by atoms with Crippen molar-refractivity contribution in [3.63, 3.8) is 0 Å². The van der Waals surface area contributed by atoms with Crippen molar-refractivity contribution in [1.82, 2.24) is 0 Å². The average molecular weight is 236 g/mol. The van der Waals surface area contributed by atoms with E-state index in [1.165, 1.54) is 0 Å². The molecule has 0 saturated heterocycles. The Kier molecular flexibility index (Phi) is 5.66. The quantitative estimate of drug-likeness (QED) is 0.791. The highest BCUT2D eigenvalue weighted by atomic mass is 16.5. The second-order valence-electron chi connectivity index (χ2n) is 3.96. The molecular formula is C13H20N2O2. The first-order valence-corrected chi connectivity index (χ1v) is 5.85. The second kappa shape index (κ2) is 7.04. The minimum absolute atomic E-state index is 0.0546. The number of nitrogens with one attached hydrogen (secondary N) is 1. The molecule has 0 spiro atoms. The highest BCUT2D eigenvalue weighted by Gasteiger charge is 2.10. The summed E-state index contributed by atoms with van der Waals surface area (Å²) in [5.74, 6) is -0.230. The van der Waals surface area contributed by atoms with Gasteiger partial charge in [0.1, 0.15) is 0 Å². The maximum atomic E-state index is 11.6. The summed E-state index contributed by atoms with van der Waals surface area (Å²) in [5.41, 5.74) is 7.27. The van der Waals surface area contributed by atoms with E-state index in [0.29, 0.717) is 19.8 Å². The van der Waals surface area contributed by atoms with Crippen LogP contribution in [0, 0.1) is 5.92 Å². The maximum absolute atomic E-state index is 11.6. The summed E-state index contributed by atoms with van der Waals surface area (Å²) in [5, 5.41) is 2.83. The van der Waals surface area contributed by atoms with E-state index in [1.54, 1.807) is 6.92 Å². The number of hydrogen-bond donors (Lipinski definition) is 2. The van der Waals surface area contributed by atoms with Crippen LogP contribution in [-0.4, -0.2) is 19.1 Å². The van der Waals surface area contributed by atoms with E-state index < -0.39 is 0 Å². The molecule has 1 aromatic rings. The fourth-order valence-corrected chi connectivity index (χ4v) is 1.33. The van der Waals surface area contributed by atoms with E-state index in [9.17, 15) is 4.79 Å². The van der Waals surface area contributed by atoms with Gasteiger partial charge in [-0.15, -0.1) is 0 Å². The first-order chi connectivity index (χ1) is 8.17. The molecule has 0 fully saturated rings. The molecule has 0 aliphatic heterocycles. The van der Waals surface area contributed by atoms with Gasteiger partial charge in [0.05, 0.1) is 6.61 Å². The summed E-state index contributed by atoms with van der Waals surface area (Å²) in [4.78, 5) is 11.6. The Balaban J connectivity index is 2.62. The second-order valence-corrected chi connectivity index (χ2v) is 3.96. The minimum Gasteiger partial charge on any atom is -0.377 e. The van der Waals surface area contributed by atoms with Gasteiger partial charge in [0.25, 0.3) is 0 Å². The van der Waals surface area contributed by atoms with Crippen LogP contribution in [0.1, 0.15) is 19.4 Å². The summed E-state index contributed by atoms with van der Waals surface area (Å²) in [6, 6.07) is 7.64. The molecule has 94 valence electrons. The Morgan fingerprint density at radius 2 is 2.29 bits per heavy atom. The molecule has 0 heterocycles. The Bertz CT molecular complexity index is 366. The predicted molar refractivity (Wildman–Crippen MR) is 68.6 cm³/mol. The van der Waals surface area contributed by atoms with Crippen LogP contribution < -0.4 is 11.1 Å². The predicted octanol–water partition coefficient (Wildman–Crippen LogP) is 1.76. The van der Waals surface area contributed by atoms with Gasteiger partial charge in [-0.3, -0.25) is 4.79 Å². The zero-order valence-corrected chi connectivity index (χ0v) is 10.4. The van der Waals surface area contributed by atoms with Crippen LogP contribution in [0.2, 0.25) is 0 Å². The van der Waals surface area contributed by atoms with Crippen molar-refractivity contribution < 1.29 is 9.53 Å². The standard InChI is InChI=1S/C13H20N2O2/c1-3-17-9-11-5-4-6-12(7-11)15-13(16)10(2)8-14/h4-7,10H,3,8-9,14H2,1-2H3,(H,15,16). The van der Waals surface area contributed by atoms with Crippen LogP contribution in [0.4, 0.5) is 5.69 Å². The summed E-state index contributed by atoms with van der Waals surface area (Å²) in [6.45, 7) is 5.35. The molecule has 0 aliphatic rings. The van der Waals surface area contributed by atoms with E-state index in [1.807, 2.05) is 31.2 Å². The van der Waals surface area contributed by atoms with Crippen molar-refractivity contribution in [2.75, 3.05) is 18.5 Å². The Labute approximate surface area is 102 Å². The number of amides is 1. The van der Waals surface area contributed by atoms with Crippen LogP contribution in [-0.2, 0) is 16.1 Å². The highest BCUT2D eigenvalue weighted by molar-refractivity contribution is 5.92. The molecule has 0 aromatic heterocycles. The number of carbonyl (C=O) groups excluding carboxylic acids is 1. The molecule has 4 nitrogen and oxygen atoms in total. The van der Waals surface area contributed by atoms with Gasteiger partial charge in [-0.05, 0) is 24.6 Å². The normalized spacial score (nSPS) is 12.2. The third-order valence-electron chi connectivity index (χ3n) is 2.47. The van der Waals surface area contributed by atoms with Gasteiger partial charge < -0.3 is 15.8 Å². The molecule has 0 bridgehead atoms. The molecule has 0 radical (unpaired) electrons. The molecule has 1 unspecified atom stereocenters. The largest absolute Gasteiger partial charge is 0.377 e. The molecule has 0 aliphatic carbocycles. The molecule has 1 atom stereocenters. The number of anilines is 1. The van der Waals surface area contributed by atoms with Gasteiger partial charge in [0.15, 0.2) is 0 Å². The summed E-state index contributed by atoms with van der Waals surface area (Å²) < 4.78 is 5.32. The Hall–Kier alpha value is -1.39. The molecule has 1 amide bonds. The van der Waals surface area contributed by atoms with E-state index in [4.69, 9.17) is 10.5 Å². The van der Waals surface area contributed by atoms with Crippen LogP contribution in [0.5, 0.6) is 0 Å². The first-order valence-electron chi connectivity index (χ1n) is 5.85. The number of ether oxygens (including phenoxy) is 1. The van der Waals surface area contributed by atoms with Gasteiger partial charge in [0.2, 0.25) is 5.91 Å². The molecule has 1 rings (SSSR count). The lowest BCUT2D eigenvalue weighted by Gasteiger charge is -2.11. The Morgan fingerprint density at radius 3 is 2.94 bits per heavy atom. The zero-order chi connectivity index (χ0) is 12.7. The number of benzene rings is 1. The molecule has 3 N–H and O–H groups in total. The summed E-state index contributed by atoms with van der Waals surface area (Å²) >= 11 is 0. The molecule has 0 saturated carbocycles. The van der Waals surface area contributed by atoms with Crippen LogP contribution in [0.3, 0.4) is 0 Å². The van der Waals surface area contributed by atoms with Gasteiger partial charge in [-0.25, -0.2) is 0 Å². The topological polar surface area (TPSA) is 64.3 Å². The van der Waals surface area contributed by atoms with E-state index >= 15 is 0 Å². The number of hydrogen-bond acceptors (Lipinski definition) is 3. The van der Waals surface area contributed by atoms with E-state index in [0.717, 1.165) is 11.3 Å². The van der Waals surface area contributed by atoms with Crippen LogP contribution in [0.15, 0.2) is 24.3 Å². The maximum Gasteiger partial charge on any atom is 0.228 e. The molecule has 4 heteroatoms. The van der Waals surface area contributed by atoms with Gasteiger partial charge in [-0.1, -0.05) is 19.1 Å². The SMILES string of the molecule is CCOCc1cccc(NC(=O)C(C)CN)c1. The Morgan fingerprint density at radius 1 is 1.53 bits per heavy atom. The van der Waals surface area contributed by atoms with Crippen molar-refractivity contribution in [3.05, 3.63) is 29.8 Å². The van der Waals surface area contributed by atoms with Gasteiger partial charge >= 0.3 is 0 Å². The first kappa shape index (κ1) is 13.7. The highest BCUT2D eigenvalue weighted by Crippen LogP contribution is 2.12. The molecule has 17 heavy (non-hydrogen) atoms. The summed E-state index contributed by atoms with van der Waals surface area (Å²) in [6.07, 6.45) is 0. The van der Waals surface area contributed by atoms with Gasteiger partial charge in [-0.2, -0.15) is 0 Å². The zero-order valence-electron chi connectivity index (χ0n) is 10.4. The van der Waals surface area contributed by atoms with Crippen molar-refractivity contribution >= 4 is 11.6 Å². The average Bonchev–Trinajstić information content (AvgIpc) is 2.35. The fraction of sp³-hybridized carbons (Fsp3) is 0.462. The summed E-state index contributed by atoms with van der Waals surface area (Å²) in [7, 11) is 0. The number of rotatable bonds is 6. The third-order valence-corrected chi connectivity index (χ3v) is 2.47. The lowest BCUT2D eigenvalue weighted by molar-refractivity contribution is -0.119. The molecule has 1 aromatic carbocycles. The van der Waals surface area contributed by atoms with Crippen molar-refractivity contribution in [2.24, 2.45) is 11.7 Å². The third kappa shape index (κ3) is 4.54. The smallest absolute Gasteiger partial charge is 0.228 e. The van der Waals surface area contributed by atoms with Crippen molar-refractivity contribution in [1.29, 1.82) is 0 Å². The number of nitrogens with two attached hydrogens (primary N) is 1. The lowest BCUT2D eigenvalue weighted by atomic mass is 10.1. The number of carbonyl (C=O) groups is 1. The van der Waals surface area contributed by atoms with E-state index in [2.05, 4.69) is 5.32 Å². The van der Waals surface area contributed by atoms with Crippen LogP contribution >= 0.6 is 0 Å². The minimum atomic E-state index is -0.175. The van der Waals surface area contributed by atoms with Crippen LogP contribution in [0.25, 0.3) is 0 Å². The lowest BCUT2D eigenvalue weighted by Crippen LogP contribution is -2.26. The van der Waals surface area contributed by atoms with Crippen molar-refractivity contribution in [2.45, 2.75) is 20.5 Å². The fourth-order valence-electron chi connectivity index (χ4n) is 1.33. The van der Waals surface area contributed by atoms with Gasteiger partial charge in [0, 0.05) is 24.8 Å².